The molecule has 11 aromatic rings. The molecular formula is C58H41N5. The van der Waals surface area contributed by atoms with E-state index < -0.39 is 0 Å². The maximum atomic E-state index is 4.96. The van der Waals surface area contributed by atoms with E-state index in [1.165, 1.54) is 38.1 Å². The molecule has 0 radical (unpaired) electrons. The van der Waals surface area contributed by atoms with E-state index in [0.29, 0.717) is 18.2 Å². The van der Waals surface area contributed by atoms with E-state index in [4.69, 9.17) is 9.98 Å². The summed E-state index contributed by atoms with van der Waals surface area (Å²) >= 11 is 0. The lowest BCUT2D eigenvalue weighted by Crippen LogP contribution is -2.05. The van der Waals surface area contributed by atoms with Crippen LogP contribution in [0.3, 0.4) is 0 Å². The van der Waals surface area contributed by atoms with Gasteiger partial charge in [0.15, 0.2) is 11.7 Å². The van der Waals surface area contributed by atoms with E-state index in [1.54, 1.807) is 0 Å². The highest BCUT2D eigenvalue weighted by Crippen LogP contribution is 2.38. The molecule has 0 unspecified atom stereocenters. The lowest BCUT2D eigenvalue weighted by molar-refractivity contribution is 1.06. The second-order valence-electron chi connectivity index (χ2n) is 15.7. The minimum Gasteiger partial charge on any atom is -0.309 e. The summed E-state index contributed by atoms with van der Waals surface area (Å²) < 4.78 is 4.77. The normalized spacial score (nSPS) is 12.1. The first-order valence-corrected chi connectivity index (χ1v) is 21.2. The van der Waals surface area contributed by atoms with Crippen molar-refractivity contribution in [1.29, 1.82) is 0 Å². The smallest absolute Gasteiger partial charge is 0.161 e. The average Bonchev–Trinajstić information content (AvgIpc) is 3.87. The predicted molar refractivity (Wildman–Crippen MR) is 265 cm³/mol. The number of aromatic nitrogens is 2. The Balaban J connectivity index is 0.945. The number of aliphatic imine (C=N–C) groups is 3. The van der Waals surface area contributed by atoms with Crippen LogP contribution in [-0.2, 0) is 6.54 Å². The molecule has 5 nitrogen and oxygen atoms in total. The van der Waals surface area contributed by atoms with Gasteiger partial charge in [0.25, 0.3) is 0 Å². The van der Waals surface area contributed by atoms with Gasteiger partial charge in [-0.1, -0.05) is 170 Å². The molecule has 0 aliphatic carbocycles. The van der Waals surface area contributed by atoms with Crippen molar-refractivity contribution >= 4 is 62.0 Å². The zero-order chi connectivity index (χ0) is 42.1. The van der Waals surface area contributed by atoms with Crippen LogP contribution in [0.25, 0.3) is 77.2 Å². The van der Waals surface area contributed by atoms with Gasteiger partial charge in [-0.3, -0.25) is 4.99 Å². The van der Waals surface area contributed by atoms with Gasteiger partial charge < -0.3 is 9.13 Å². The van der Waals surface area contributed by atoms with Crippen molar-refractivity contribution < 1.29 is 0 Å². The largest absolute Gasteiger partial charge is 0.309 e. The quantitative estimate of drug-likeness (QED) is 0.108. The van der Waals surface area contributed by atoms with E-state index in [-0.39, 0.29) is 0 Å². The van der Waals surface area contributed by atoms with E-state index >= 15 is 0 Å². The van der Waals surface area contributed by atoms with Crippen LogP contribution in [0.4, 0.5) is 0 Å². The molecule has 0 N–H and O–H groups in total. The average molecular weight is 808 g/mol. The third kappa shape index (κ3) is 7.02. The van der Waals surface area contributed by atoms with Crippen molar-refractivity contribution in [3.8, 4) is 33.6 Å². The number of fused-ring (bicyclic) bond motifs is 6. The van der Waals surface area contributed by atoms with E-state index in [1.807, 2.05) is 48.5 Å². The zero-order valence-corrected chi connectivity index (χ0v) is 34.5. The Kier molecular flexibility index (Phi) is 9.68. The van der Waals surface area contributed by atoms with Crippen LogP contribution in [-0.4, -0.2) is 27.5 Å². The SMILES string of the molecule is C=N/C(=N\C(=N/Cc1ccccc1)c1ccccc1)c1ccc(-c2ccc3c(c2)c2ccccc2n3-c2cccc(-c3ccc4c5ccccc5n(-c5ccccc5)c4c3)c2)cc1. The summed E-state index contributed by atoms with van der Waals surface area (Å²) in [5, 5.41) is 4.90. The van der Waals surface area contributed by atoms with Crippen LogP contribution < -0.4 is 0 Å². The number of nitrogens with zero attached hydrogens (tertiary/aromatic N) is 5. The maximum absolute atomic E-state index is 4.96. The number of hydrogen-bond donors (Lipinski definition) is 0. The molecule has 0 amide bonds. The fraction of sp³-hybridized carbons (Fsp3) is 0.0172. The Bertz CT molecular complexity index is 3520. The fourth-order valence-electron chi connectivity index (χ4n) is 8.89. The molecule has 11 rings (SSSR count). The molecule has 0 fully saturated rings. The lowest BCUT2D eigenvalue weighted by Gasteiger charge is -2.12. The summed E-state index contributed by atoms with van der Waals surface area (Å²) in [5.41, 5.74) is 14.5. The van der Waals surface area contributed by atoms with Crippen LogP contribution in [0.1, 0.15) is 16.7 Å². The second kappa shape index (κ2) is 16.2. The van der Waals surface area contributed by atoms with Crippen LogP contribution in [0, 0.1) is 0 Å². The second-order valence-corrected chi connectivity index (χ2v) is 15.7. The molecule has 2 aromatic heterocycles. The van der Waals surface area contributed by atoms with Gasteiger partial charge in [0.2, 0.25) is 0 Å². The van der Waals surface area contributed by atoms with Crippen molar-refractivity contribution in [2.45, 2.75) is 6.54 Å². The minimum atomic E-state index is 0.514. The third-order valence-corrected chi connectivity index (χ3v) is 11.9. The monoisotopic (exact) mass is 807 g/mol. The Morgan fingerprint density at radius 3 is 1.62 bits per heavy atom. The van der Waals surface area contributed by atoms with Crippen LogP contribution in [0.2, 0.25) is 0 Å². The van der Waals surface area contributed by atoms with Gasteiger partial charge in [-0.15, -0.1) is 0 Å². The van der Waals surface area contributed by atoms with E-state index in [9.17, 15) is 0 Å². The molecule has 0 aliphatic rings. The van der Waals surface area contributed by atoms with Gasteiger partial charge >= 0.3 is 0 Å². The molecule has 0 aliphatic heterocycles. The Labute approximate surface area is 365 Å². The molecule has 298 valence electrons. The van der Waals surface area contributed by atoms with Crippen LogP contribution in [0.15, 0.2) is 239 Å². The minimum absolute atomic E-state index is 0.514. The van der Waals surface area contributed by atoms with Gasteiger partial charge in [0.1, 0.15) is 0 Å². The molecule has 2 heterocycles. The highest BCUT2D eigenvalue weighted by Gasteiger charge is 2.17. The van der Waals surface area contributed by atoms with Crippen molar-refractivity contribution in [3.05, 3.63) is 241 Å². The van der Waals surface area contributed by atoms with Crippen molar-refractivity contribution in [3.63, 3.8) is 0 Å². The first-order chi connectivity index (χ1) is 31.2. The fourth-order valence-corrected chi connectivity index (χ4v) is 8.89. The number of para-hydroxylation sites is 3. The zero-order valence-electron chi connectivity index (χ0n) is 34.5. The first-order valence-electron chi connectivity index (χ1n) is 21.2. The van der Waals surface area contributed by atoms with Gasteiger partial charge in [0, 0.05) is 44.0 Å². The summed E-state index contributed by atoms with van der Waals surface area (Å²) in [4.78, 5) is 14.2. The Morgan fingerprint density at radius 2 is 0.889 bits per heavy atom. The van der Waals surface area contributed by atoms with Crippen molar-refractivity contribution in [2.24, 2.45) is 15.0 Å². The van der Waals surface area contributed by atoms with E-state index in [0.717, 1.165) is 55.8 Å². The highest BCUT2D eigenvalue weighted by molar-refractivity contribution is 6.14. The molecule has 0 spiro atoms. The van der Waals surface area contributed by atoms with Gasteiger partial charge in [-0.05, 0) is 89.1 Å². The molecule has 0 saturated carbocycles. The van der Waals surface area contributed by atoms with Gasteiger partial charge in [0.05, 0.1) is 28.6 Å². The predicted octanol–water partition coefficient (Wildman–Crippen LogP) is 14.3. The third-order valence-electron chi connectivity index (χ3n) is 11.9. The van der Waals surface area contributed by atoms with Gasteiger partial charge in [-0.2, -0.15) is 0 Å². The maximum Gasteiger partial charge on any atom is 0.161 e. The number of rotatable bonds is 8. The molecular weight excluding hydrogens is 767 g/mol. The lowest BCUT2D eigenvalue weighted by atomic mass is 10.0. The summed E-state index contributed by atoms with van der Waals surface area (Å²) in [6.45, 7) is 4.41. The summed E-state index contributed by atoms with van der Waals surface area (Å²) in [6, 6.07) is 79.2. The molecule has 9 aromatic carbocycles. The Morgan fingerprint density at radius 1 is 0.365 bits per heavy atom. The topological polar surface area (TPSA) is 46.9 Å². The highest BCUT2D eigenvalue weighted by atomic mass is 15.0. The number of amidine groups is 2. The van der Waals surface area contributed by atoms with Crippen molar-refractivity contribution in [2.75, 3.05) is 0 Å². The molecule has 0 saturated heterocycles. The first kappa shape index (κ1) is 37.6. The molecule has 5 heteroatoms. The summed E-state index contributed by atoms with van der Waals surface area (Å²) in [6.07, 6.45) is 0. The molecule has 0 bridgehead atoms. The number of benzene rings is 9. The molecule has 63 heavy (non-hydrogen) atoms. The molecule has 0 atom stereocenters. The summed E-state index contributed by atoms with van der Waals surface area (Å²) in [5.74, 6) is 1.14. The Hall–Kier alpha value is -8.41. The van der Waals surface area contributed by atoms with Crippen LogP contribution in [0.5, 0.6) is 0 Å². The van der Waals surface area contributed by atoms with Gasteiger partial charge in [-0.25, -0.2) is 9.98 Å². The standard InChI is InChI=1S/C58H41N5/c1-59-57(61-58(42-18-7-3-8-19-42)60-39-40-16-5-2-6-17-40)43-30-28-41(29-31-43)45-33-35-55-52(37-45)50-25-12-14-27-54(50)63(55)48-23-15-20-44(36-48)46-32-34-51-49-24-11-13-26-53(49)62(56(51)38-46)47-21-9-4-10-22-47/h2-38H,1,39H2/b60-58-,61-57-. The number of hydrogen-bond acceptors (Lipinski definition) is 1. The summed E-state index contributed by atoms with van der Waals surface area (Å²) in [7, 11) is 0. The van der Waals surface area contributed by atoms with Crippen LogP contribution >= 0.6 is 0 Å². The van der Waals surface area contributed by atoms with Crippen molar-refractivity contribution in [1.82, 2.24) is 9.13 Å². The van der Waals surface area contributed by atoms with E-state index in [2.05, 4.69) is 197 Å².